The number of aromatic carboxylic acids is 1. The lowest BCUT2D eigenvalue weighted by molar-refractivity contribution is 0.0479. The predicted octanol–water partition coefficient (Wildman–Crippen LogP) is 2.02. The van der Waals surface area contributed by atoms with Gasteiger partial charge in [0.1, 0.15) is 4.88 Å². The number of carboxylic acids is 1. The normalized spacial score (nSPS) is 10.7. The maximum atomic E-state index is 10.8. The molecule has 0 saturated carbocycles. The number of rotatable bonds is 10. The topological polar surface area (TPSA) is 65.0 Å². The molecule has 0 amide bonds. The minimum Gasteiger partial charge on any atom is -0.477 e. The van der Waals surface area contributed by atoms with Crippen LogP contribution >= 0.6 is 11.3 Å². The first-order chi connectivity index (χ1) is 8.75. The molecule has 18 heavy (non-hydrogen) atoms. The number of carboxylic acid groups (broad SMARTS) is 1. The molecule has 0 aliphatic carbocycles. The third-order valence-corrected chi connectivity index (χ3v) is 3.15. The van der Waals surface area contributed by atoms with Crippen LogP contribution in [0.2, 0.25) is 0 Å². The molecule has 1 heterocycles. The molecule has 0 aliphatic heterocycles. The minimum absolute atomic E-state index is 0.337. The Kier molecular flexibility index (Phi) is 7.59. The number of ether oxygens (including phenoxy) is 3. The smallest absolute Gasteiger partial charge is 0.346 e. The average Bonchev–Trinajstić information content (AvgIpc) is 2.81. The highest BCUT2D eigenvalue weighted by molar-refractivity contribution is 7.12. The van der Waals surface area contributed by atoms with E-state index >= 15 is 0 Å². The van der Waals surface area contributed by atoms with Crippen LogP contribution in [0.5, 0.6) is 0 Å². The lowest BCUT2D eigenvalue weighted by Gasteiger charge is -2.05. The zero-order valence-corrected chi connectivity index (χ0v) is 11.2. The van der Waals surface area contributed by atoms with Gasteiger partial charge in [0.2, 0.25) is 0 Å². The number of hydrogen-bond donors (Lipinski definition) is 1. The molecule has 0 radical (unpaired) electrons. The molecule has 0 spiro atoms. The second-order valence-corrected chi connectivity index (χ2v) is 4.51. The van der Waals surface area contributed by atoms with Crippen LogP contribution in [0.25, 0.3) is 0 Å². The van der Waals surface area contributed by atoms with Crippen molar-refractivity contribution in [2.24, 2.45) is 0 Å². The van der Waals surface area contributed by atoms with Gasteiger partial charge in [-0.2, -0.15) is 0 Å². The van der Waals surface area contributed by atoms with Gasteiger partial charge >= 0.3 is 5.97 Å². The van der Waals surface area contributed by atoms with Gasteiger partial charge in [0.05, 0.1) is 19.8 Å². The van der Waals surface area contributed by atoms with Gasteiger partial charge in [0, 0.05) is 25.9 Å². The highest BCUT2D eigenvalue weighted by Gasteiger charge is 2.10. The Hall–Kier alpha value is -0.950. The molecule has 0 unspecified atom stereocenters. The van der Waals surface area contributed by atoms with Gasteiger partial charge in [-0.05, 0) is 17.9 Å². The highest BCUT2D eigenvalue weighted by Crippen LogP contribution is 2.17. The van der Waals surface area contributed by atoms with E-state index in [4.69, 9.17) is 19.3 Å². The van der Waals surface area contributed by atoms with E-state index in [1.54, 1.807) is 18.6 Å². The van der Waals surface area contributed by atoms with Crippen LogP contribution in [-0.2, 0) is 20.8 Å². The van der Waals surface area contributed by atoms with Crippen molar-refractivity contribution in [1.82, 2.24) is 0 Å². The van der Waals surface area contributed by atoms with Crippen LogP contribution in [0.1, 0.15) is 21.7 Å². The van der Waals surface area contributed by atoms with Crippen molar-refractivity contribution in [1.29, 1.82) is 0 Å². The molecule has 1 N–H and O–H groups in total. The van der Waals surface area contributed by atoms with Crippen LogP contribution in [0, 0.1) is 0 Å². The van der Waals surface area contributed by atoms with Crippen molar-refractivity contribution in [3.63, 3.8) is 0 Å². The summed E-state index contributed by atoms with van der Waals surface area (Å²) in [5, 5.41) is 10.7. The summed E-state index contributed by atoms with van der Waals surface area (Å²) in [6.07, 6.45) is 0.788. The summed E-state index contributed by atoms with van der Waals surface area (Å²) in [7, 11) is 1.63. The molecule has 0 fully saturated rings. The Bertz CT molecular complexity index is 350. The van der Waals surface area contributed by atoms with E-state index in [0.29, 0.717) is 37.9 Å². The average molecular weight is 274 g/mol. The highest BCUT2D eigenvalue weighted by atomic mass is 32.1. The molecule has 102 valence electrons. The van der Waals surface area contributed by atoms with Gasteiger partial charge in [0.25, 0.3) is 0 Å². The monoisotopic (exact) mass is 274 g/mol. The zero-order valence-electron chi connectivity index (χ0n) is 10.4. The van der Waals surface area contributed by atoms with Crippen molar-refractivity contribution in [2.75, 3.05) is 33.5 Å². The lowest BCUT2D eigenvalue weighted by Crippen LogP contribution is -2.06. The van der Waals surface area contributed by atoms with E-state index < -0.39 is 5.97 Å². The van der Waals surface area contributed by atoms with Gasteiger partial charge in [-0.1, -0.05) is 0 Å². The van der Waals surface area contributed by atoms with Crippen LogP contribution < -0.4 is 0 Å². The first-order valence-electron chi connectivity index (χ1n) is 5.69. The van der Waals surface area contributed by atoms with E-state index in [0.717, 1.165) is 12.0 Å². The quantitative estimate of drug-likeness (QED) is 0.661. The molecular formula is C12H18O5S. The molecule has 5 nitrogen and oxygen atoms in total. The molecule has 0 aromatic carbocycles. The van der Waals surface area contributed by atoms with Crippen molar-refractivity contribution in [3.05, 3.63) is 21.9 Å². The summed E-state index contributed by atoms with van der Waals surface area (Å²) < 4.78 is 15.5. The second-order valence-electron chi connectivity index (χ2n) is 3.59. The fraction of sp³-hybridized carbons (Fsp3) is 0.583. The van der Waals surface area contributed by atoms with Gasteiger partial charge < -0.3 is 19.3 Å². The van der Waals surface area contributed by atoms with Gasteiger partial charge in [-0.15, -0.1) is 11.3 Å². The van der Waals surface area contributed by atoms with Crippen LogP contribution in [-0.4, -0.2) is 44.6 Å². The molecule has 0 aliphatic rings. The molecule has 1 aromatic heterocycles. The van der Waals surface area contributed by atoms with Crippen LogP contribution in [0.4, 0.5) is 0 Å². The maximum Gasteiger partial charge on any atom is 0.346 e. The Balaban J connectivity index is 2.07. The standard InChI is InChI=1S/C12H18O5S/c1-15-6-7-16-4-2-5-17-9-10-3-8-18-11(10)12(13)14/h3,8H,2,4-7,9H2,1H3,(H,13,14). The van der Waals surface area contributed by atoms with E-state index in [-0.39, 0.29) is 0 Å². The third kappa shape index (κ3) is 5.59. The molecule has 1 aromatic rings. The zero-order chi connectivity index (χ0) is 13.2. The minimum atomic E-state index is -0.897. The van der Waals surface area contributed by atoms with Gasteiger partial charge in [0.15, 0.2) is 0 Å². The van der Waals surface area contributed by atoms with Crippen molar-refractivity contribution >= 4 is 17.3 Å². The summed E-state index contributed by atoms with van der Waals surface area (Å²) >= 11 is 1.22. The Labute approximate surface area is 110 Å². The van der Waals surface area contributed by atoms with E-state index in [1.165, 1.54) is 11.3 Å². The van der Waals surface area contributed by atoms with E-state index in [9.17, 15) is 4.79 Å². The Morgan fingerprint density at radius 2 is 2.06 bits per heavy atom. The van der Waals surface area contributed by atoms with Crippen LogP contribution in [0.3, 0.4) is 0 Å². The van der Waals surface area contributed by atoms with Crippen molar-refractivity contribution in [2.45, 2.75) is 13.0 Å². The predicted molar refractivity (Wildman–Crippen MR) is 68.2 cm³/mol. The van der Waals surface area contributed by atoms with Crippen molar-refractivity contribution < 1.29 is 24.1 Å². The number of carbonyl (C=O) groups is 1. The largest absolute Gasteiger partial charge is 0.477 e. The fourth-order valence-corrected chi connectivity index (χ4v) is 2.07. The first kappa shape index (κ1) is 15.1. The first-order valence-corrected chi connectivity index (χ1v) is 6.57. The van der Waals surface area contributed by atoms with Crippen LogP contribution in [0.15, 0.2) is 11.4 Å². The summed E-state index contributed by atoms with van der Waals surface area (Å²) in [5.41, 5.74) is 0.729. The maximum absolute atomic E-state index is 10.8. The summed E-state index contributed by atoms with van der Waals surface area (Å²) in [4.78, 5) is 11.2. The Morgan fingerprint density at radius 3 is 2.78 bits per heavy atom. The fourth-order valence-electron chi connectivity index (χ4n) is 1.33. The lowest BCUT2D eigenvalue weighted by atomic mass is 10.3. The van der Waals surface area contributed by atoms with Crippen molar-refractivity contribution in [3.8, 4) is 0 Å². The second kappa shape index (κ2) is 9.04. The summed E-state index contributed by atoms with van der Waals surface area (Å²) in [6.45, 7) is 2.70. The molecule has 0 bridgehead atoms. The van der Waals surface area contributed by atoms with E-state index in [2.05, 4.69) is 0 Å². The number of hydrogen-bond acceptors (Lipinski definition) is 5. The SMILES string of the molecule is COCCOCCCOCc1ccsc1C(=O)O. The van der Waals surface area contributed by atoms with E-state index in [1.807, 2.05) is 0 Å². The number of thiophene rings is 1. The number of methoxy groups -OCH3 is 1. The molecule has 6 heteroatoms. The molecule has 0 saturated heterocycles. The molecule has 0 atom stereocenters. The Morgan fingerprint density at radius 1 is 1.28 bits per heavy atom. The third-order valence-electron chi connectivity index (χ3n) is 2.21. The van der Waals surface area contributed by atoms with Gasteiger partial charge in [-0.3, -0.25) is 0 Å². The van der Waals surface area contributed by atoms with Gasteiger partial charge in [-0.25, -0.2) is 4.79 Å². The summed E-state index contributed by atoms with van der Waals surface area (Å²) in [6, 6.07) is 1.78. The summed E-state index contributed by atoms with van der Waals surface area (Å²) in [5.74, 6) is -0.897. The molecular weight excluding hydrogens is 256 g/mol. The molecule has 1 rings (SSSR count).